The Morgan fingerprint density at radius 1 is 1.28 bits per heavy atom. The topological polar surface area (TPSA) is 68.3 Å². The van der Waals surface area contributed by atoms with Gasteiger partial charge in [-0.25, -0.2) is 0 Å². The highest BCUT2D eigenvalue weighted by Gasteiger charge is 2.03. The van der Waals surface area contributed by atoms with E-state index in [1.807, 2.05) is 25.1 Å². The summed E-state index contributed by atoms with van der Waals surface area (Å²) in [4.78, 5) is 0. The van der Waals surface area contributed by atoms with Gasteiger partial charge in [0.1, 0.15) is 18.2 Å². The van der Waals surface area contributed by atoms with Crippen LogP contribution in [0.4, 0.5) is 0 Å². The fraction of sp³-hybridized carbons (Fsp3) is 0.500. The van der Waals surface area contributed by atoms with Crippen LogP contribution in [-0.2, 0) is 4.74 Å². The van der Waals surface area contributed by atoms with Crippen molar-refractivity contribution >= 4 is 5.84 Å². The molecule has 0 bridgehead atoms. The summed E-state index contributed by atoms with van der Waals surface area (Å²) in [7, 11) is 0. The number of hydrogen-bond donors (Lipinski definition) is 2. The molecule has 0 aromatic heterocycles. The third kappa shape index (κ3) is 4.75. The maximum Gasteiger partial charge on any atom is 0.123 e. The Balaban J connectivity index is 2.35. The zero-order chi connectivity index (χ0) is 13.4. The van der Waals surface area contributed by atoms with Gasteiger partial charge < -0.3 is 15.2 Å². The molecule has 0 aliphatic heterocycles. The predicted octanol–water partition coefficient (Wildman–Crippen LogP) is 2.47. The van der Waals surface area contributed by atoms with Crippen LogP contribution in [0.5, 0.6) is 5.75 Å². The van der Waals surface area contributed by atoms with Gasteiger partial charge in [-0.3, -0.25) is 5.41 Å². The van der Waals surface area contributed by atoms with Crippen molar-refractivity contribution in [1.29, 1.82) is 5.41 Å². The van der Waals surface area contributed by atoms with Crippen LogP contribution in [0, 0.1) is 12.3 Å². The molecule has 0 spiro atoms. The number of nitrogen functional groups attached to an aromatic ring is 1. The van der Waals surface area contributed by atoms with Gasteiger partial charge in [0.2, 0.25) is 0 Å². The first-order valence-electron chi connectivity index (χ1n) is 6.30. The largest absolute Gasteiger partial charge is 0.491 e. The molecular formula is C14H22N2O2. The summed E-state index contributed by atoms with van der Waals surface area (Å²) in [5.74, 6) is 0.874. The molecule has 1 aromatic rings. The number of benzene rings is 1. The number of nitrogens with two attached hydrogens (primary N) is 1. The zero-order valence-corrected chi connectivity index (χ0v) is 11.2. The number of nitrogens with one attached hydrogen (secondary N) is 1. The van der Waals surface area contributed by atoms with Crippen LogP contribution in [0.1, 0.15) is 30.9 Å². The van der Waals surface area contributed by atoms with E-state index in [1.165, 1.54) is 0 Å². The van der Waals surface area contributed by atoms with Crippen molar-refractivity contribution in [1.82, 2.24) is 0 Å². The summed E-state index contributed by atoms with van der Waals surface area (Å²) >= 11 is 0. The molecule has 1 aromatic carbocycles. The Bertz CT molecular complexity index is 391. The van der Waals surface area contributed by atoms with Gasteiger partial charge >= 0.3 is 0 Å². The van der Waals surface area contributed by atoms with Crippen LogP contribution in [-0.4, -0.2) is 25.7 Å². The highest BCUT2D eigenvalue weighted by atomic mass is 16.5. The number of ether oxygens (including phenoxy) is 2. The Labute approximate surface area is 109 Å². The van der Waals surface area contributed by atoms with Crippen molar-refractivity contribution in [3.8, 4) is 5.75 Å². The molecule has 0 heterocycles. The highest BCUT2D eigenvalue weighted by Crippen LogP contribution is 2.16. The lowest BCUT2D eigenvalue weighted by Crippen LogP contribution is -2.13. The Morgan fingerprint density at radius 3 is 2.67 bits per heavy atom. The third-order valence-corrected chi connectivity index (χ3v) is 2.63. The maximum atomic E-state index is 7.40. The first-order chi connectivity index (χ1) is 8.65. The van der Waals surface area contributed by atoms with Gasteiger partial charge in [0.15, 0.2) is 0 Å². The minimum Gasteiger partial charge on any atom is -0.491 e. The van der Waals surface area contributed by atoms with Crippen molar-refractivity contribution in [2.75, 3.05) is 19.8 Å². The van der Waals surface area contributed by atoms with Crippen molar-refractivity contribution in [2.24, 2.45) is 5.73 Å². The molecule has 0 atom stereocenters. The second-order valence-corrected chi connectivity index (χ2v) is 4.20. The van der Waals surface area contributed by atoms with E-state index in [0.29, 0.717) is 13.2 Å². The monoisotopic (exact) mass is 250 g/mol. The van der Waals surface area contributed by atoms with Gasteiger partial charge in [0.05, 0.1) is 6.61 Å². The van der Waals surface area contributed by atoms with Gasteiger partial charge in [-0.05, 0) is 37.1 Å². The Kier molecular flexibility index (Phi) is 6.22. The van der Waals surface area contributed by atoms with Gasteiger partial charge in [-0.2, -0.15) is 0 Å². The lowest BCUT2D eigenvalue weighted by Gasteiger charge is -2.09. The molecule has 18 heavy (non-hydrogen) atoms. The summed E-state index contributed by atoms with van der Waals surface area (Å²) in [6.45, 7) is 6.00. The third-order valence-electron chi connectivity index (χ3n) is 2.63. The van der Waals surface area contributed by atoms with Crippen LogP contribution >= 0.6 is 0 Å². The molecule has 0 aliphatic rings. The number of amidine groups is 1. The van der Waals surface area contributed by atoms with E-state index in [-0.39, 0.29) is 5.84 Å². The van der Waals surface area contributed by atoms with Gasteiger partial charge in [-0.15, -0.1) is 0 Å². The number of unbranched alkanes of at least 4 members (excludes halogenated alkanes) is 1. The van der Waals surface area contributed by atoms with E-state index >= 15 is 0 Å². The molecule has 0 unspecified atom stereocenters. The van der Waals surface area contributed by atoms with Crippen molar-refractivity contribution in [2.45, 2.75) is 26.7 Å². The molecule has 4 heteroatoms. The lowest BCUT2D eigenvalue weighted by molar-refractivity contribution is 0.0980. The molecule has 0 amide bonds. The van der Waals surface area contributed by atoms with E-state index in [2.05, 4.69) is 6.92 Å². The van der Waals surface area contributed by atoms with Crippen LogP contribution in [0.2, 0.25) is 0 Å². The molecular weight excluding hydrogens is 228 g/mol. The maximum absolute atomic E-state index is 7.40. The molecule has 0 aliphatic carbocycles. The number of rotatable bonds is 8. The van der Waals surface area contributed by atoms with E-state index in [9.17, 15) is 0 Å². The summed E-state index contributed by atoms with van der Waals surface area (Å²) in [6, 6.07) is 5.53. The number of aryl methyl sites for hydroxylation is 1. The molecule has 0 saturated heterocycles. The SMILES string of the molecule is CCCCOCCOc1ccc(C(=N)N)c(C)c1. The second kappa shape index (κ2) is 7.71. The van der Waals surface area contributed by atoms with Gasteiger partial charge in [-0.1, -0.05) is 13.3 Å². The second-order valence-electron chi connectivity index (χ2n) is 4.20. The molecule has 100 valence electrons. The van der Waals surface area contributed by atoms with E-state index < -0.39 is 0 Å². The van der Waals surface area contributed by atoms with E-state index in [1.54, 1.807) is 0 Å². The quantitative estimate of drug-likeness (QED) is 0.423. The average molecular weight is 250 g/mol. The van der Waals surface area contributed by atoms with E-state index in [4.69, 9.17) is 20.6 Å². The molecule has 0 fully saturated rings. The van der Waals surface area contributed by atoms with Crippen LogP contribution < -0.4 is 10.5 Å². The fourth-order valence-corrected chi connectivity index (χ4v) is 1.60. The minimum atomic E-state index is 0.0851. The Hall–Kier alpha value is -1.55. The minimum absolute atomic E-state index is 0.0851. The fourth-order valence-electron chi connectivity index (χ4n) is 1.60. The van der Waals surface area contributed by atoms with Crippen molar-refractivity contribution < 1.29 is 9.47 Å². The standard InChI is InChI=1S/C14H22N2O2/c1-3-4-7-17-8-9-18-12-5-6-13(14(15)16)11(2)10-12/h5-6,10H,3-4,7-9H2,1-2H3,(H3,15,16). The van der Waals surface area contributed by atoms with E-state index in [0.717, 1.165) is 36.3 Å². The predicted molar refractivity (Wildman–Crippen MR) is 73.4 cm³/mol. The van der Waals surface area contributed by atoms with Crippen molar-refractivity contribution in [3.05, 3.63) is 29.3 Å². The van der Waals surface area contributed by atoms with Crippen LogP contribution in [0.25, 0.3) is 0 Å². The molecule has 0 radical (unpaired) electrons. The first-order valence-corrected chi connectivity index (χ1v) is 6.30. The van der Waals surface area contributed by atoms with Crippen LogP contribution in [0.15, 0.2) is 18.2 Å². The lowest BCUT2D eigenvalue weighted by atomic mass is 10.1. The molecule has 0 saturated carbocycles. The summed E-state index contributed by atoms with van der Waals surface area (Å²) < 4.78 is 11.0. The normalized spacial score (nSPS) is 10.3. The van der Waals surface area contributed by atoms with Crippen LogP contribution in [0.3, 0.4) is 0 Å². The summed E-state index contributed by atoms with van der Waals surface area (Å²) in [5, 5.41) is 7.40. The Morgan fingerprint density at radius 2 is 2.06 bits per heavy atom. The smallest absolute Gasteiger partial charge is 0.123 e. The number of hydrogen-bond acceptors (Lipinski definition) is 3. The highest BCUT2D eigenvalue weighted by molar-refractivity contribution is 5.96. The summed E-state index contributed by atoms with van der Waals surface area (Å²) in [5.41, 5.74) is 7.16. The molecule has 4 nitrogen and oxygen atoms in total. The average Bonchev–Trinajstić information content (AvgIpc) is 2.33. The van der Waals surface area contributed by atoms with Gasteiger partial charge in [0.25, 0.3) is 0 Å². The first kappa shape index (κ1) is 14.5. The zero-order valence-electron chi connectivity index (χ0n) is 11.2. The van der Waals surface area contributed by atoms with Crippen molar-refractivity contribution in [3.63, 3.8) is 0 Å². The molecule has 1 rings (SSSR count). The summed E-state index contributed by atoms with van der Waals surface area (Å²) in [6.07, 6.45) is 2.24. The van der Waals surface area contributed by atoms with Gasteiger partial charge in [0, 0.05) is 12.2 Å². The molecule has 3 N–H and O–H groups in total.